The molecule has 1 aliphatic heterocycles. The van der Waals surface area contributed by atoms with Crippen LogP contribution < -0.4 is 0 Å². The van der Waals surface area contributed by atoms with Crippen molar-refractivity contribution < 1.29 is 5.11 Å². The Hall–Kier alpha value is -0.120. The minimum atomic E-state index is -0.112. The van der Waals surface area contributed by atoms with Gasteiger partial charge >= 0.3 is 0 Å². The Kier molecular flexibility index (Phi) is 4.59. The van der Waals surface area contributed by atoms with Crippen LogP contribution in [0.25, 0.3) is 0 Å². The second-order valence-electron chi connectivity index (χ2n) is 7.91. The highest BCUT2D eigenvalue weighted by molar-refractivity contribution is 4.94. The highest BCUT2D eigenvalue weighted by Crippen LogP contribution is 2.40. The van der Waals surface area contributed by atoms with Gasteiger partial charge in [-0.3, -0.25) is 4.90 Å². The number of likely N-dealkylation sites (N-methyl/N-ethyl adjacent to an activating group) is 1. The van der Waals surface area contributed by atoms with Crippen molar-refractivity contribution in [2.75, 3.05) is 27.2 Å². The van der Waals surface area contributed by atoms with Crippen LogP contribution >= 0.6 is 0 Å². The lowest BCUT2D eigenvalue weighted by atomic mass is 9.70. The van der Waals surface area contributed by atoms with Crippen LogP contribution in [-0.2, 0) is 0 Å². The summed E-state index contributed by atoms with van der Waals surface area (Å²) in [4.78, 5) is 4.88. The van der Waals surface area contributed by atoms with Crippen LogP contribution in [-0.4, -0.2) is 60.3 Å². The Labute approximate surface area is 119 Å². The Morgan fingerprint density at radius 1 is 1.11 bits per heavy atom. The van der Waals surface area contributed by atoms with Crippen molar-refractivity contribution in [3.8, 4) is 0 Å². The van der Waals surface area contributed by atoms with E-state index in [1.807, 2.05) is 0 Å². The molecule has 1 heterocycles. The molecule has 0 aromatic heterocycles. The molecule has 1 N–H and O–H groups in total. The lowest BCUT2D eigenvalue weighted by Crippen LogP contribution is -2.49. The molecule has 2 rings (SSSR count). The van der Waals surface area contributed by atoms with Crippen LogP contribution in [0.15, 0.2) is 0 Å². The number of aliphatic hydroxyl groups excluding tert-OH is 1. The summed E-state index contributed by atoms with van der Waals surface area (Å²) in [7, 11) is 4.34. The van der Waals surface area contributed by atoms with Gasteiger partial charge in [-0.25, -0.2) is 0 Å². The highest BCUT2D eigenvalue weighted by Gasteiger charge is 2.40. The third-order valence-corrected chi connectivity index (χ3v) is 5.40. The van der Waals surface area contributed by atoms with Gasteiger partial charge in [0, 0.05) is 25.2 Å². The second-order valence-corrected chi connectivity index (χ2v) is 7.91. The van der Waals surface area contributed by atoms with Gasteiger partial charge in [0.25, 0.3) is 0 Å². The molecule has 19 heavy (non-hydrogen) atoms. The predicted molar refractivity (Wildman–Crippen MR) is 80.3 cm³/mol. The molecule has 112 valence electrons. The van der Waals surface area contributed by atoms with Crippen LogP contribution in [0, 0.1) is 11.3 Å². The van der Waals surface area contributed by atoms with Crippen LogP contribution in [0.2, 0.25) is 0 Å². The first-order chi connectivity index (χ1) is 8.79. The Morgan fingerprint density at radius 2 is 1.79 bits per heavy atom. The van der Waals surface area contributed by atoms with Gasteiger partial charge in [-0.2, -0.15) is 0 Å². The van der Waals surface area contributed by atoms with Crippen molar-refractivity contribution in [2.24, 2.45) is 11.3 Å². The number of aliphatic hydroxyl groups is 1. The smallest absolute Gasteiger partial charge is 0.0695 e. The molecule has 2 fully saturated rings. The lowest BCUT2D eigenvalue weighted by Gasteiger charge is -2.43. The molecule has 0 aromatic carbocycles. The topological polar surface area (TPSA) is 26.7 Å². The molecule has 0 spiro atoms. The molecule has 0 amide bonds. The Bertz CT molecular complexity index is 298. The minimum Gasteiger partial charge on any atom is -0.391 e. The third-order valence-electron chi connectivity index (χ3n) is 5.40. The van der Waals surface area contributed by atoms with Gasteiger partial charge in [0.2, 0.25) is 0 Å². The average molecular weight is 268 g/mol. The number of nitrogens with zero attached hydrogens (tertiary/aromatic N) is 2. The van der Waals surface area contributed by atoms with Crippen LogP contribution in [0.5, 0.6) is 0 Å². The van der Waals surface area contributed by atoms with E-state index in [9.17, 15) is 5.11 Å². The summed E-state index contributed by atoms with van der Waals surface area (Å²) in [5.74, 6) is 0.749. The quantitative estimate of drug-likeness (QED) is 0.832. The van der Waals surface area contributed by atoms with E-state index >= 15 is 0 Å². The first kappa shape index (κ1) is 15.3. The summed E-state index contributed by atoms with van der Waals surface area (Å²) in [5.41, 5.74) is 0.374. The molecule has 0 aromatic rings. The van der Waals surface area contributed by atoms with E-state index in [4.69, 9.17) is 0 Å². The molecule has 1 aliphatic carbocycles. The van der Waals surface area contributed by atoms with Gasteiger partial charge in [-0.15, -0.1) is 0 Å². The molecule has 4 atom stereocenters. The molecule has 4 unspecified atom stereocenters. The maximum Gasteiger partial charge on any atom is 0.0695 e. The maximum atomic E-state index is 10.4. The summed E-state index contributed by atoms with van der Waals surface area (Å²) < 4.78 is 0. The molecule has 1 saturated heterocycles. The first-order valence-corrected chi connectivity index (χ1v) is 7.87. The Balaban J connectivity index is 1.98. The van der Waals surface area contributed by atoms with Gasteiger partial charge in [-0.1, -0.05) is 20.8 Å². The zero-order valence-electron chi connectivity index (χ0n) is 13.4. The third kappa shape index (κ3) is 3.50. The number of rotatable bonds is 2. The molecular formula is C16H32N2O. The van der Waals surface area contributed by atoms with Crippen molar-refractivity contribution in [3.05, 3.63) is 0 Å². The monoisotopic (exact) mass is 268 g/mol. The van der Waals surface area contributed by atoms with Crippen LogP contribution in [0.1, 0.15) is 46.5 Å². The average Bonchev–Trinajstić information content (AvgIpc) is 2.77. The largest absolute Gasteiger partial charge is 0.391 e. The molecule has 1 saturated carbocycles. The fraction of sp³-hybridized carbons (Fsp3) is 1.00. The summed E-state index contributed by atoms with van der Waals surface area (Å²) in [6.45, 7) is 9.32. The van der Waals surface area contributed by atoms with Gasteiger partial charge in [0.05, 0.1) is 6.10 Å². The first-order valence-electron chi connectivity index (χ1n) is 7.87. The summed E-state index contributed by atoms with van der Waals surface area (Å²) in [6.07, 6.45) is 4.47. The van der Waals surface area contributed by atoms with Crippen molar-refractivity contribution in [1.82, 2.24) is 9.80 Å². The highest BCUT2D eigenvalue weighted by atomic mass is 16.3. The second kappa shape index (κ2) is 5.71. The van der Waals surface area contributed by atoms with E-state index < -0.39 is 0 Å². The van der Waals surface area contributed by atoms with E-state index in [2.05, 4.69) is 44.7 Å². The minimum absolute atomic E-state index is 0.112. The fourth-order valence-corrected chi connectivity index (χ4v) is 3.80. The van der Waals surface area contributed by atoms with Gasteiger partial charge in [-0.05, 0) is 51.1 Å². The molecule has 0 radical (unpaired) electrons. The number of hydrogen-bond acceptors (Lipinski definition) is 3. The molecule has 3 heteroatoms. The van der Waals surface area contributed by atoms with E-state index in [-0.39, 0.29) is 6.10 Å². The molecule has 3 nitrogen and oxygen atoms in total. The van der Waals surface area contributed by atoms with Crippen LogP contribution in [0.3, 0.4) is 0 Å². The SMILES string of the molecule is CN(C)C1CCN(C2CC(C(C)(C)C)CCC2O)C1. The van der Waals surface area contributed by atoms with Gasteiger partial charge < -0.3 is 10.0 Å². The van der Waals surface area contributed by atoms with E-state index in [0.29, 0.717) is 17.5 Å². The van der Waals surface area contributed by atoms with Gasteiger partial charge in [0.1, 0.15) is 0 Å². The zero-order valence-corrected chi connectivity index (χ0v) is 13.4. The molecule has 0 bridgehead atoms. The van der Waals surface area contributed by atoms with E-state index in [0.717, 1.165) is 25.4 Å². The standard InChI is InChI=1S/C16H32N2O/c1-16(2,3)12-6-7-15(19)14(10-12)18-9-8-13(11-18)17(4)5/h12-15,19H,6-11H2,1-5H3. The van der Waals surface area contributed by atoms with Crippen molar-refractivity contribution in [3.63, 3.8) is 0 Å². The Morgan fingerprint density at radius 3 is 2.32 bits per heavy atom. The fourth-order valence-electron chi connectivity index (χ4n) is 3.80. The maximum absolute atomic E-state index is 10.4. The summed E-state index contributed by atoms with van der Waals surface area (Å²) in [6, 6.07) is 1.06. The van der Waals surface area contributed by atoms with E-state index in [1.165, 1.54) is 19.3 Å². The normalized spacial score (nSPS) is 38.1. The van der Waals surface area contributed by atoms with Gasteiger partial charge in [0.15, 0.2) is 0 Å². The lowest BCUT2D eigenvalue weighted by molar-refractivity contribution is -0.0102. The number of likely N-dealkylation sites (tertiary alicyclic amines) is 1. The summed E-state index contributed by atoms with van der Waals surface area (Å²) in [5, 5.41) is 10.4. The van der Waals surface area contributed by atoms with Crippen molar-refractivity contribution in [2.45, 2.75) is 64.6 Å². The van der Waals surface area contributed by atoms with Crippen molar-refractivity contribution in [1.29, 1.82) is 0 Å². The van der Waals surface area contributed by atoms with E-state index in [1.54, 1.807) is 0 Å². The van der Waals surface area contributed by atoms with Crippen molar-refractivity contribution >= 4 is 0 Å². The molecule has 2 aliphatic rings. The predicted octanol–water partition coefficient (Wildman–Crippen LogP) is 2.20. The van der Waals surface area contributed by atoms with Crippen LogP contribution in [0.4, 0.5) is 0 Å². The zero-order chi connectivity index (χ0) is 14.2. The number of hydrogen-bond donors (Lipinski definition) is 1. The summed E-state index contributed by atoms with van der Waals surface area (Å²) >= 11 is 0. The molecular weight excluding hydrogens is 236 g/mol.